The van der Waals surface area contributed by atoms with Crippen molar-refractivity contribution in [2.45, 2.75) is 6.92 Å². The van der Waals surface area contributed by atoms with E-state index in [-0.39, 0.29) is 5.82 Å². The second-order valence-corrected chi connectivity index (χ2v) is 5.57. The van der Waals surface area contributed by atoms with Crippen molar-refractivity contribution in [2.75, 3.05) is 0 Å². The predicted molar refractivity (Wildman–Crippen MR) is 82.4 cm³/mol. The second-order valence-electron chi connectivity index (χ2n) is 4.71. The van der Waals surface area contributed by atoms with Gasteiger partial charge in [-0.05, 0) is 36.8 Å². The molecule has 0 bridgehead atoms. The highest BCUT2D eigenvalue weighted by Gasteiger charge is 2.11. The minimum absolute atomic E-state index is 0.254. The molecule has 0 atom stereocenters. The summed E-state index contributed by atoms with van der Waals surface area (Å²) in [5.74, 6) is -0.254. The molecule has 0 saturated heterocycles. The van der Waals surface area contributed by atoms with Gasteiger partial charge in [-0.25, -0.2) is 9.37 Å². The summed E-state index contributed by atoms with van der Waals surface area (Å²) >= 11 is 1.41. The molecule has 0 unspecified atom stereocenters. The minimum atomic E-state index is -0.254. The SMILES string of the molecule is Cc1ccc(-c2nc(-c3ccc(C#N)cc3)cs2)c(F)c1. The first-order valence-corrected chi connectivity index (χ1v) is 7.28. The number of hydrogen-bond acceptors (Lipinski definition) is 3. The van der Waals surface area contributed by atoms with Gasteiger partial charge < -0.3 is 0 Å². The smallest absolute Gasteiger partial charge is 0.133 e. The fourth-order valence-corrected chi connectivity index (χ4v) is 2.89. The average molecular weight is 294 g/mol. The summed E-state index contributed by atoms with van der Waals surface area (Å²) in [6.45, 7) is 1.86. The van der Waals surface area contributed by atoms with Crippen LogP contribution >= 0.6 is 11.3 Å². The van der Waals surface area contributed by atoms with E-state index < -0.39 is 0 Å². The van der Waals surface area contributed by atoms with Crippen molar-refractivity contribution in [1.82, 2.24) is 4.98 Å². The molecule has 0 aliphatic heterocycles. The lowest BCUT2D eigenvalue weighted by atomic mass is 10.1. The summed E-state index contributed by atoms with van der Waals surface area (Å²) < 4.78 is 14.0. The van der Waals surface area contributed by atoms with E-state index in [2.05, 4.69) is 11.1 Å². The zero-order chi connectivity index (χ0) is 14.8. The molecule has 0 fully saturated rings. The summed E-state index contributed by atoms with van der Waals surface area (Å²) in [4.78, 5) is 4.49. The lowest BCUT2D eigenvalue weighted by Gasteiger charge is -2.00. The van der Waals surface area contributed by atoms with Crippen molar-refractivity contribution in [3.05, 3.63) is 64.8 Å². The Bertz CT molecular complexity index is 829. The van der Waals surface area contributed by atoms with Crippen LogP contribution in [0.2, 0.25) is 0 Å². The highest BCUT2D eigenvalue weighted by Crippen LogP contribution is 2.30. The second kappa shape index (κ2) is 5.47. The summed E-state index contributed by atoms with van der Waals surface area (Å²) in [5, 5.41) is 11.4. The molecule has 0 aliphatic carbocycles. The Balaban J connectivity index is 1.97. The standard InChI is InChI=1S/C17H11FN2S/c1-11-2-7-14(15(18)8-11)17-20-16(10-21-17)13-5-3-12(9-19)4-6-13/h2-8,10H,1H3. The van der Waals surface area contributed by atoms with Gasteiger partial charge in [0.05, 0.1) is 17.3 Å². The third kappa shape index (κ3) is 2.69. The maximum absolute atomic E-state index is 14.0. The van der Waals surface area contributed by atoms with E-state index in [1.54, 1.807) is 18.2 Å². The molecule has 0 radical (unpaired) electrons. The lowest BCUT2D eigenvalue weighted by Crippen LogP contribution is -1.85. The quantitative estimate of drug-likeness (QED) is 0.681. The van der Waals surface area contributed by atoms with E-state index >= 15 is 0 Å². The van der Waals surface area contributed by atoms with Gasteiger partial charge in [-0.2, -0.15) is 5.26 Å². The highest BCUT2D eigenvalue weighted by molar-refractivity contribution is 7.13. The summed E-state index contributed by atoms with van der Waals surface area (Å²) in [5.41, 5.74) is 3.73. The largest absolute Gasteiger partial charge is 0.236 e. The molecule has 2 aromatic carbocycles. The number of nitriles is 1. The zero-order valence-corrected chi connectivity index (χ0v) is 12.1. The molecule has 0 amide bonds. The summed E-state index contributed by atoms with van der Waals surface area (Å²) in [6, 6.07) is 14.4. The first kappa shape index (κ1) is 13.5. The Hall–Kier alpha value is -2.51. The third-order valence-electron chi connectivity index (χ3n) is 3.17. The van der Waals surface area contributed by atoms with E-state index in [0.29, 0.717) is 16.1 Å². The monoisotopic (exact) mass is 294 g/mol. The Labute approximate surface area is 126 Å². The van der Waals surface area contributed by atoms with Gasteiger partial charge in [0, 0.05) is 16.5 Å². The molecule has 1 heterocycles. The third-order valence-corrected chi connectivity index (χ3v) is 4.04. The number of benzene rings is 2. The molecule has 1 aromatic heterocycles. The molecule has 3 rings (SSSR count). The summed E-state index contributed by atoms with van der Waals surface area (Å²) in [6.07, 6.45) is 0. The van der Waals surface area contributed by atoms with Crippen molar-refractivity contribution in [2.24, 2.45) is 0 Å². The molecule has 21 heavy (non-hydrogen) atoms. The maximum atomic E-state index is 14.0. The molecule has 0 aliphatic rings. The van der Waals surface area contributed by atoms with E-state index in [1.807, 2.05) is 30.5 Å². The van der Waals surface area contributed by atoms with Crippen molar-refractivity contribution in [3.63, 3.8) is 0 Å². The predicted octanol–water partition coefficient (Wildman–Crippen LogP) is 4.80. The number of rotatable bonds is 2. The van der Waals surface area contributed by atoms with Gasteiger partial charge in [-0.15, -0.1) is 11.3 Å². The van der Waals surface area contributed by atoms with Crippen LogP contribution in [0, 0.1) is 24.1 Å². The topological polar surface area (TPSA) is 36.7 Å². The number of halogens is 1. The van der Waals surface area contributed by atoms with Crippen molar-refractivity contribution in [1.29, 1.82) is 5.26 Å². The first-order chi connectivity index (χ1) is 10.2. The molecule has 0 spiro atoms. The number of aromatic nitrogens is 1. The Morgan fingerprint density at radius 2 is 1.90 bits per heavy atom. The number of nitrogens with zero attached hydrogens (tertiary/aromatic N) is 2. The van der Waals surface area contributed by atoms with E-state index in [0.717, 1.165) is 16.8 Å². The van der Waals surface area contributed by atoms with Crippen LogP contribution in [-0.2, 0) is 0 Å². The Morgan fingerprint density at radius 3 is 2.57 bits per heavy atom. The fourth-order valence-electron chi connectivity index (χ4n) is 2.04. The molecule has 4 heteroatoms. The van der Waals surface area contributed by atoms with Gasteiger partial charge in [-0.3, -0.25) is 0 Å². The molecular weight excluding hydrogens is 283 g/mol. The van der Waals surface area contributed by atoms with Crippen molar-refractivity contribution >= 4 is 11.3 Å². The Morgan fingerprint density at radius 1 is 1.14 bits per heavy atom. The van der Waals surface area contributed by atoms with E-state index in [9.17, 15) is 4.39 Å². The minimum Gasteiger partial charge on any atom is -0.236 e. The lowest BCUT2D eigenvalue weighted by molar-refractivity contribution is 0.630. The fraction of sp³-hybridized carbons (Fsp3) is 0.0588. The van der Waals surface area contributed by atoms with Gasteiger partial charge in [0.2, 0.25) is 0 Å². The number of aryl methyl sites for hydroxylation is 1. The zero-order valence-electron chi connectivity index (χ0n) is 11.3. The van der Waals surface area contributed by atoms with Gasteiger partial charge in [-0.1, -0.05) is 18.2 Å². The van der Waals surface area contributed by atoms with Gasteiger partial charge in [0.1, 0.15) is 10.8 Å². The molecule has 0 saturated carbocycles. The molecule has 102 valence electrons. The van der Waals surface area contributed by atoms with Gasteiger partial charge in [0.25, 0.3) is 0 Å². The van der Waals surface area contributed by atoms with Crippen LogP contribution in [0.15, 0.2) is 47.8 Å². The highest BCUT2D eigenvalue weighted by atomic mass is 32.1. The molecule has 3 aromatic rings. The van der Waals surface area contributed by atoms with E-state index in [1.165, 1.54) is 17.4 Å². The van der Waals surface area contributed by atoms with Crippen LogP contribution in [-0.4, -0.2) is 4.98 Å². The van der Waals surface area contributed by atoms with Crippen LogP contribution in [0.1, 0.15) is 11.1 Å². The van der Waals surface area contributed by atoms with Crippen LogP contribution in [0.5, 0.6) is 0 Å². The van der Waals surface area contributed by atoms with Crippen LogP contribution in [0.4, 0.5) is 4.39 Å². The first-order valence-electron chi connectivity index (χ1n) is 6.40. The van der Waals surface area contributed by atoms with Crippen molar-refractivity contribution in [3.8, 4) is 27.9 Å². The van der Waals surface area contributed by atoms with Gasteiger partial charge >= 0.3 is 0 Å². The molecule has 2 nitrogen and oxygen atoms in total. The number of thiazole rings is 1. The van der Waals surface area contributed by atoms with Crippen molar-refractivity contribution < 1.29 is 4.39 Å². The normalized spacial score (nSPS) is 10.3. The average Bonchev–Trinajstić information content (AvgIpc) is 2.97. The molecule has 0 N–H and O–H groups in total. The van der Waals surface area contributed by atoms with Gasteiger partial charge in [0.15, 0.2) is 0 Å². The maximum Gasteiger partial charge on any atom is 0.133 e. The summed E-state index contributed by atoms with van der Waals surface area (Å²) in [7, 11) is 0. The Kier molecular flexibility index (Phi) is 3.51. The van der Waals surface area contributed by atoms with Crippen LogP contribution in [0.3, 0.4) is 0 Å². The van der Waals surface area contributed by atoms with Crippen LogP contribution in [0.25, 0.3) is 21.8 Å². The van der Waals surface area contributed by atoms with Crippen LogP contribution < -0.4 is 0 Å². The number of hydrogen-bond donors (Lipinski definition) is 0. The van der Waals surface area contributed by atoms with E-state index in [4.69, 9.17) is 5.26 Å². The molecular formula is C17H11FN2S.